The maximum atomic E-state index is 11.5. The van der Waals surface area contributed by atoms with Crippen LogP contribution in [0.3, 0.4) is 0 Å². The van der Waals surface area contributed by atoms with Gasteiger partial charge in [0, 0.05) is 12.8 Å². The molecule has 0 unspecified atom stereocenters. The molecule has 0 bridgehead atoms. The van der Waals surface area contributed by atoms with Gasteiger partial charge in [-0.25, -0.2) is 0 Å². The minimum absolute atomic E-state index is 0.0374. The van der Waals surface area contributed by atoms with Crippen molar-refractivity contribution in [2.45, 2.75) is 97.7 Å². The Kier molecular flexibility index (Phi) is 4.53. The highest BCUT2D eigenvalue weighted by Crippen LogP contribution is 2.65. The zero-order valence-electron chi connectivity index (χ0n) is 17.0. The SMILES string of the molecule is CC(=O)O[C@H](C)[C@H]1CC[C@H]2[C@@H]3CC[C@]4(C)C[C@@H](O)CCC4=C3CC[C@]12C. The predicted octanol–water partition coefficient (Wildman–Crippen LogP) is 5.02. The van der Waals surface area contributed by atoms with Crippen LogP contribution < -0.4 is 0 Å². The molecular formula is C23H36O3. The summed E-state index contributed by atoms with van der Waals surface area (Å²) in [5.74, 6) is 1.85. The number of hydrogen-bond acceptors (Lipinski definition) is 3. The Hall–Kier alpha value is -0.830. The summed E-state index contributed by atoms with van der Waals surface area (Å²) in [5.41, 5.74) is 4.05. The monoisotopic (exact) mass is 360 g/mol. The molecule has 0 heterocycles. The van der Waals surface area contributed by atoms with Gasteiger partial charge in [-0.15, -0.1) is 0 Å². The Bertz CT molecular complexity index is 623. The Labute approximate surface area is 158 Å². The third kappa shape index (κ3) is 2.77. The number of carbonyl (C=O) groups is 1. The summed E-state index contributed by atoms with van der Waals surface area (Å²) in [6.07, 6.45) is 10.4. The molecule has 0 saturated heterocycles. The van der Waals surface area contributed by atoms with Crippen LogP contribution in [0, 0.1) is 28.6 Å². The Morgan fingerprint density at radius 3 is 2.65 bits per heavy atom. The lowest BCUT2D eigenvalue weighted by Crippen LogP contribution is -2.46. The molecule has 1 N–H and O–H groups in total. The fourth-order valence-electron chi connectivity index (χ4n) is 7.66. The molecule has 4 aliphatic rings. The number of rotatable bonds is 2. The lowest BCUT2D eigenvalue weighted by atomic mass is 9.52. The third-order valence-electron chi connectivity index (χ3n) is 8.80. The zero-order valence-corrected chi connectivity index (χ0v) is 17.0. The Morgan fingerprint density at radius 2 is 1.92 bits per heavy atom. The largest absolute Gasteiger partial charge is 0.463 e. The van der Waals surface area contributed by atoms with Crippen molar-refractivity contribution in [3.8, 4) is 0 Å². The van der Waals surface area contributed by atoms with Crippen LogP contribution in [0.15, 0.2) is 11.1 Å². The van der Waals surface area contributed by atoms with Gasteiger partial charge in [-0.05, 0) is 87.4 Å². The van der Waals surface area contributed by atoms with E-state index in [9.17, 15) is 9.90 Å². The number of fused-ring (bicyclic) bond motifs is 4. The molecule has 0 spiro atoms. The van der Waals surface area contributed by atoms with Gasteiger partial charge in [0.05, 0.1) is 6.10 Å². The topological polar surface area (TPSA) is 46.5 Å². The van der Waals surface area contributed by atoms with Crippen molar-refractivity contribution in [1.29, 1.82) is 0 Å². The first-order valence-electron chi connectivity index (χ1n) is 10.8. The molecule has 3 fully saturated rings. The van der Waals surface area contributed by atoms with Crippen LogP contribution in [0.2, 0.25) is 0 Å². The van der Waals surface area contributed by atoms with Gasteiger partial charge in [-0.1, -0.05) is 25.0 Å². The minimum atomic E-state index is -0.141. The summed E-state index contributed by atoms with van der Waals surface area (Å²) in [7, 11) is 0. The van der Waals surface area contributed by atoms with Gasteiger partial charge in [0.1, 0.15) is 6.10 Å². The molecule has 3 nitrogen and oxygen atoms in total. The van der Waals surface area contributed by atoms with Crippen molar-refractivity contribution in [3.63, 3.8) is 0 Å². The summed E-state index contributed by atoms with van der Waals surface area (Å²) >= 11 is 0. The summed E-state index contributed by atoms with van der Waals surface area (Å²) in [6.45, 7) is 8.53. The first-order valence-corrected chi connectivity index (χ1v) is 10.8. The molecule has 0 aromatic heterocycles. The molecule has 146 valence electrons. The van der Waals surface area contributed by atoms with Crippen LogP contribution in [0.5, 0.6) is 0 Å². The number of aliphatic hydroxyl groups is 1. The molecule has 3 heteroatoms. The van der Waals surface area contributed by atoms with Crippen molar-refractivity contribution in [2.24, 2.45) is 28.6 Å². The summed E-state index contributed by atoms with van der Waals surface area (Å²) < 4.78 is 5.62. The zero-order chi connectivity index (χ0) is 18.7. The second kappa shape index (κ2) is 6.36. The van der Waals surface area contributed by atoms with Crippen LogP contribution >= 0.6 is 0 Å². The van der Waals surface area contributed by atoms with Crippen molar-refractivity contribution in [1.82, 2.24) is 0 Å². The van der Waals surface area contributed by atoms with E-state index in [1.165, 1.54) is 45.4 Å². The quantitative estimate of drug-likeness (QED) is 0.555. The molecule has 0 radical (unpaired) electrons. The summed E-state index contributed by atoms with van der Waals surface area (Å²) in [6, 6.07) is 0. The van der Waals surface area contributed by atoms with Crippen molar-refractivity contribution in [2.75, 3.05) is 0 Å². The van der Waals surface area contributed by atoms with E-state index in [0.29, 0.717) is 11.3 Å². The van der Waals surface area contributed by atoms with Gasteiger partial charge in [0.2, 0.25) is 0 Å². The molecule has 4 rings (SSSR count). The second-order valence-corrected chi connectivity index (χ2v) is 10.2. The molecule has 0 amide bonds. The Balaban J connectivity index is 1.61. The average molecular weight is 361 g/mol. The van der Waals surface area contributed by atoms with E-state index in [4.69, 9.17) is 4.74 Å². The summed E-state index contributed by atoms with van der Waals surface area (Å²) in [4.78, 5) is 11.5. The molecule has 26 heavy (non-hydrogen) atoms. The Morgan fingerprint density at radius 1 is 1.15 bits per heavy atom. The van der Waals surface area contributed by atoms with Gasteiger partial charge in [0.25, 0.3) is 0 Å². The average Bonchev–Trinajstić information content (AvgIpc) is 2.90. The van der Waals surface area contributed by atoms with Crippen molar-refractivity contribution < 1.29 is 14.6 Å². The lowest BCUT2D eigenvalue weighted by Gasteiger charge is -2.54. The molecule has 0 aromatic rings. The van der Waals surface area contributed by atoms with Crippen LogP contribution in [-0.4, -0.2) is 23.3 Å². The van der Waals surface area contributed by atoms with E-state index < -0.39 is 0 Å². The maximum Gasteiger partial charge on any atom is 0.302 e. The molecule has 7 atom stereocenters. The first kappa shape index (κ1) is 18.5. The lowest BCUT2D eigenvalue weighted by molar-refractivity contribution is -0.151. The fraction of sp³-hybridized carbons (Fsp3) is 0.870. The number of hydrogen-bond donors (Lipinski definition) is 1. The number of carbonyl (C=O) groups excluding carboxylic acids is 1. The third-order valence-corrected chi connectivity index (χ3v) is 8.80. The van der Waals surface area contributed by atoms with Gasteiger partial charge < -0.3 is 9.84 Å². The summed E-state index contributed by atoms with van der Waals surface area (Å²) in [5, 5.41) is 10.2. The van der Waals surface area contributed by atoms with Crippen LogP contribution in [0.1, 0.15) is 85.5 Å². The number of aliphatic hydroxyl groups excluding tert-OH is 1. The standard InChI is InChI=1S/C23H36O3/c1-14(26-15(2)24)19-7-8-21-18-9-11-22(3)13-16(25)5-6-20(22)17(18)10-12-23(19,21)4/h14,16,18-19,21,25H,5-13H2,1-4H3/t14-,16+,18-,19-,21+,22-,23-/m1/s1. The second-order valence-electron chi connectivity index (χ2n) is 10.2. The molecule has 3 saturated carbocycles. The van der Waals surface area contributed by atoms with Crippen LogP contribution in [0.25, 0.3) is 0 Å². The van der Waals surface area contributed by atoms with Gasteiger partial charge in [0.15, 0.2) is 0 Å². The van der Waals surface area contributed by atoms with Crippen molar-refractivity contribution in [3.05, 3.63) is 11.1 Å². The molecular weight excluding hydrogens is 324 g/mol. The molecule has 0 aromatic carbocycles. The molecule has 4 aliphatic carbocycles. The smallest absolute Gasteiger partial charge is 0.302 e. The van der Waals surface area contributed by atoms with E-state index in [1.807, 2.05) is 0 Å². The highest BCUT2D eigenvalue weighted by atomic mass is 16.5. The minimum Gasteiger partial charge on any atom is -0.463 e. The van der Waals surface area contributed by atoms with Gasteiger partial charge in [-0.2, -0.15) is 0 Å². The van der Waals surface area contributed by atoms with E-state index >= 15 is 0 Å². The number of esters is 1. The highest BCUT2D eigenvalue weighted by molar-refractivity contribution is 5.66. The van der Waals surface area contributed by atoms with E-state index in [2.05, 4.69) is 20.8 Å². The van der Waals surface area contributed by atoms with E-state index in [1.54, 1.807) is 11.1 Å². The van der Waals surface area contributed by atoms with Gasteiger partial charge >= 0.3 is 5.97 Å². The maximum absolute atomic E-state index is 11.5. The van der Waals surface area contributed by atoms with Crippen LogP contribution in [0.4, 0.5) is 0 Å². The van der Waals surface area contributed by atoms with Crippen molar-refractivity contribution >= 4 is 5.97 Å². The van der Waals surface area contributed by atoms with Gasteiger partial charge in [-0.3, -0.25) is 4.79 Å². The number of allylic oxidation sites excluding steroid dienone is 2. The van der Waals surface area contributed by atoms with E-state index in [0.717, 1.165) is 31.1 Å². The highest BCUT2D eigenvalue weighted by Gasteiger charge is 2.56. The van der Waals surface area contributed by atoms with Crippen LogP contribution in [-0.2, 0) is 9.53 Å². The first-order chi connectivity index (χ1) is 12.2. The molecule has 0 aliphatic heterocycles. The van der Waals surface area contributed by atoms with E-state index in [-0.39, 0.29) is 23.6 Å². The predicted molar refractivity (Wildman–Crippen MR) is 102 cm³/mol. The number of ether oxygens (including phenoxy) is 1. The normalized spacial score (nSPS) is 46.2. The fourth-order valence-corrected chi connectivity index (χ4v) is 7.66.